The Morgan fingerprint density at radius 2 is 1.86 bits per heavy atom. The molecule has 1 amide bonds. The van der Waals surface area contributed by atoms with Gasteiger partial charge in [0.05, 0.1) is 40.6 Å². The minimum absolute atomic E-state index is 0.150. The molecule has 0 atom stereocenters. The zero-order valence-corrected chi connectivity index (χ0v) is 21.7. The van der Waals surface area contributed by atoms with Gasteiger partial charge in [0.2, 0.25) is 10.0 Å². The zero-order valence-electron chi connectivity index (χ0n) is 18.5. The van der Waals surface area contributed by atoms with Crippen molar-refractivity contribution in [3.63, 3.8) is 0 Å². The van der Waals surface area contributed by atoms with E-state index in [1.807, 2.05) is 36.4 Å². The van der Waals surface area contributed by atoms with Gasteiger partial charge in [-0.1, -0.05) is 33.3 Å². The van der Waals surface area contributed by atoms with Crippen LogP contribution in [0.1, 0.15) is 16.1 Å². The van der Waals surface area contributed by atoms with Gasteiger partial charge >= 0.3 is 0 Å². The monoisotopic (exact) mass is 572 g/mol. The van der Waals surface area contributed by atoms with Crippen molar-refractivity contribution in [3.05, 3.63) is 82.6 Å². The molecule has 0 radical (unpaired) electrons. The highest BCUT2D eigenvalue weighted by atomic mass is 79.9. The van der Waals surface area contributed by atoms with Crippen LogP contribution in [-0.2, 0) is 21.3 Å². The third kappa shape index (κ3) is 5.14. The molecule has 0 spiro atoms. The van der Waals surface area contributed by atoms with Crippen molar-refractivity contribution in [1.29, 1.82) is 0 Å². The Bertz CT molecular complexity index is 1450. The van der Waals surface area contributed by atoms with Crippen molar-refractivity contribution < 1.29 is 17.9 Å². The maximum Gasteiger partial charge on any atom is 0.260 e. The number of carbonyl (C=O) groups excluding carboxylic acids is 1. The Balaban J connectivity index is 1.47. The second-order valence-electron chi connectivity index (χ2n) is 7.86. The Morgan fingerprint density at radius 1 is 1.09 bits per heavy atom. The highest BCUT2D eigenvalue weighted by Crippen LogP contribution is 2.32. The summed E-state index contributed by atoms with van der Waals surface area (Å²) in [5.41, 5.74) is 1.87. The summed E-state index contributed by atoms with van der Waals surface area (Å²) in [5.74, 6) is -0.288. The number of carbonyl (C=O) groups is 1. The van der Waals surface area contributed by atoms with Crippen LogP contribution in [-0.4, -0.2) is 54.9 Å². The summed E-state index contributed by atoms with van der Waals surface area (Å²) in [5, 5.41) is 0.541. The molecule has 2 aromatic heterocycles. The van der Waals surface area contributed by atoms with E-state index >= 15 is 0 Å². The van der Waals surface area contributed by atoms with Crippen molar-refractivity contribution >= 4 is 58.5 Å². The van der Waals surface area contributed by atoms with Gasteiger partial charge in [0.15, 0.2) is 5.13 Å². The standard InChI is InChI=1S/C24H21BrN4O4S2/c25-18-6-9-21-22(15-18)34-24(27-21)29(16-19-3-1-2-10-26-19)23(30)17-4-7-20(8-5-17)35(31,32)28-11-13-33-14-12-28/h1-10,15H,11-14,16H2. The fraction of sp³-hybridized carbons (Fsp3) is 0.208. The number of halogens is 1. The topological polar surface area (TPSA) is 92.7 Å². The van der Waals surface area contributed by atoms with Gasteiger partial charge in [0, 0.05) is 29.3 Å². The number of pyridine rings is 1. The lowest BCUT2D eigenvalue weighted by Gasteiger charge is -2.26. The number of rotatable bonds is 6. The fourth-order valence-corrected chi connectivity index (χ4v) is 6.67. The zero-order chi connectivity index (χ0) is 24.4. The average Bonchev–Trinajstić information content (AvgIpc) is 3.31. The van der Waals surface area contributed by atoms with E-state index in [9.17, 15) is 13.2 Å². The molecule has 0 unspecified atom stereocenters. The number of nitrogens with zero attached hydrogens (tertiary/aromatic N) is 4. The number of morpholine rings is 1. The molecule has 1 aliphatic rings. The lowest BCUT2D eigenvalue weighted by Crippen LogP contribution is -2.40. The van der Waals surface area contributed by atoms with E-state index in [-0.39, 0.29) is 17.3 Å². The lowest BCUT2D eigenvalue weighted by molar-refractivity contribution is 0.0730. The van der Waals surface area contributed by atoms with Gasteiger partial charge < -0.3 is 4.74 Å². The molecule has 1 aliphatic heterocycles. The van der Waals surface area contributed by atoms with E-state index in [1.165, 1.54) is 27.8 Å². The quantitative estimate of drug-likeness (QED) is 0.341. The largest absolute Gasteiger partial charge is 0.379 e. The summed E-state index contributed by atoms with van der Waals surface area (Å²) in [6.07, 6.45) is 1.68. The van der Waals surface area contributed by atoms with E-state index < -0.39 is 10.0 Å². The molecule has 1 saturated heterocycles. The molecule has 180 valence electrons. The normalized spacial score (nSPS) is 14.8. The highest BCUT2D eigenvalue weighted by Gasteiger charge is 2.27. The van der Waals surface area contributed by atoms with Crippen LogP contribution < -0.4 is 4.90 Å². The number of ether oxygens (including phenoxy) is 1. The molecule has 0 saturated carbocycles. The molecule has 4 aromatic rings. The molecule has 1 fully saturated rings. The molecule has 2 aromatic carbocycles. The van der Waals surface area contributed by atoms with Gasteiger partial charge in [-0.15, -0.1) is 0 Å². The molecule has 3 heterocycles. The van der Waals surface area contributed by atoms with Crippen molar-refractivity contribution in [2.75, 3.05) is 31.2 Å². The maximum atomic E-state index is 13.6. The van der Waals surface area contributed by atoms with Crippen LogP contribution in [0.25, 0.3) is 10.2 Å². The first-order valence-electron chi connectivity index (χ1n) is 10.9. The highest BCUT2D eigenvalue weighted by molar-refractivity contribution is 9.10. The number of anilines is 1. The van der Waals surface area contributed by atoms with Crippen molar-refractivity contribution in [3.8, 4) is 0 Å². The van der Waals surface area contributed by atoms with Crippen LogP contribution >= 0.6 is 27.3 Å². The molecule has 5 rings (SSSR count). The summed E-state index contributed by atoms with van der Waals surface area (Å²) in [4.78, 5) is 24.4. The second-order valence-corrected chi connectivity index (χ2v) is 11.7. The summed E-state index contributed by atoms with van der Waals surface area (Å²) in [6.45, 7) is 1.60. The first-order valence-corrected chi connectivity index (χ1v) is 13.9. The van der Waals surface area contributed by atoms with Gasteiger partial charge in [0.25, 0.3) is 5.91 Å². The van der Waals surface area contributed by atoms with Gasteiger partial charge in [-0.2, -0.15) is 4.31 Å². The van der Waals surface area contributed by atoms with Gasteiger partial charge in [0.1, 0.15) is 0 Å². The molecule has 11 heteroatoms. The van der Waals surface area contributed by atoms with Gasteiger partial charge in [-0.25, -0.2) is 13.4 Å². The SMILES string of the molecule is O=C(c1ccc(S(=O)(=O)N2CCOCC2)cc1)N(Cc1ccccn1)c1nc2ccc(Br)cc2s1. The lowest BCUT2D eigenvalue weighted by atomic mass is 10.2. The Hall–Kier alpha value is -2.70. The summed E-state index contributed by atoms with van der Waals surface area (Å²) in [6, 6.07) is 17.4. The number of hydrogen-bond donors (Lipinski definition) is 0. The van der Waals surface area contributed by atoms with E-state index in [1.54, 1.807) is 23.2 Å². The number of sulfonamides is 1. The van der Waals surface area contributed by atoms with Gasteiger partial charge in [-0.3, -0.25) is 14.7 Å². The number of amides is 1. The van der Waals surface area contributed by atoms with E-state index in [2.05, 4.69) is 25.9 Å². The number of aromatic nitrogens is 2. The number of thiazole rings is 1. The van der Waals surface area contributed by atoms with Crippen LogP contribution in [0, 0.1) is 0 Å². The fourth-order valence-electron chi connectivity index (χ4n) is 3.74. The maximum absolute atomic E-state index is 13.6. The average molecular weight is 573 g/mol. The van der Waals surface area contributed by atoms with Crippen molar-refractivity contribution in [2.45, 2.75) is 11.4 Å². The molecule has 0 bridgehead atoms. The second kappa shape index (κ2) is 10.1. The van der Waals surface area contributed by atoms with E-state index in [4.69, 9.17) is 4.74 Å². The molecule has 35 heavy (non-hydrogen) atoms. The summed E-state index contributed by atoms with van der Waals surface area (Å²) in [7, 11) is -3.64. The predicted molar refractivity (Wildman–Crippen MR) is 138 cm³/mol. The van der Waals surface area contributed by atoms with Crippen LogP contribution in [0.3, 0.4) is 0 Å². The number of benzene rings is 2. The molecular weight excluding hydrogens is 552 g/mol. The third-order valence-corrected chi connectivity index (χ3v) is 9.02. The first kappa shape index (κ1) is 24.0. The van der Waals surface area contributed by atoms with Crippen LogP contribution in [0.5, 0.6) is 0 Å². The molecule has 8 nitrogen and oxygen atoms in total. The first-order chi connectivity index (χ1) is 16.9. The third-order valence-electron chi connectivity index (χ3n) is 5.57. The Morgan fingerprint density at radius 3 is 2.57 bits per heavy atom. The van der Waals surface area contributed by atoms with E-state index in [0.29, 0.717) is 42.7 Å². The molecule has 0 N–H and O–H groups in total. The van der Waals surface area contributed by atoms with Crippen LogP contribution in [0.15, 0.2) is 76.2 Å². The summed E-state index contributed by atoms with van der Waals surface area (Å²) >= 11 is 4.89. The van der Waals surface area contributed by atoms with Gasteiger partial charge in [-0.05, 0) is 54.6 Å². The minimum atomic E-state index is -3.64. The Kier molecular flexibility index (Phi) is 6.94. The van der Waals surface area contributed by atoms with Crippen molar-refractivity contribution in [1.82, 2.24) is 14.3 Å². The minimum Gasteiger partial charge on any atom is -0.379 e. The number of fused-ring (bicyclic) bond motifs is 1. The molecular formula is C24H21BrN4O4S2. The molecule has 0 aliphatic carbocycles. The van der Waals surface area contributed by atoms with E-state index in [0.717, 1.165) is 14.7 Å². The van der Waals surface area contributed by atoms with Crippen molar-refractivity contribution in [2.24, 2.45) is 0 Å². The van der Waals surface area contributed by atoms with Crippen LogP contribution in [0.2, 0.25) is 0 Å². The number of hydrogen-bond acceptors (Lipinski definition) is 7. The summed E-state index contributed by atoms with van der Waals surface area (Å²) < 4.78 is 34.4. The predicted octanol–water partition coefficient (Wildman–Crippen LogP) is 4.32. The smallest absolute Gasteiger partial charge is 0.260 e. The Labute approximate surface area is 215 Å². The van der Waals surface area contributed by atoms with Crippen LogP contribution in [0.4, 0.5) is 5.13 Å².